The topological polar surface area (TPSA) is 35.2 Å². The van der Waals surface area contributed by atoms with Gasteiger partial charge in [0, 0.05) is 11.3 Å². The van der Waals surface area contributed by atoms with E-state index in [0.717, 1.165) is 24.3 Å². The van der Waals surface area contributed by atoms with Crippen molar-refractivity contribution in [1.82, 2.24) is 0 Å². The number of anilines is 1. The fourth-order valence-electron chi connectivity index (χ4n) is 2.32. The predicted octanol–water partition coefficient (Wildman–Crippen LogP) is 7.09. The van der Waals surface area contributed by atoms with E-state index < -0.39 is 70.9 Å². The fourth-order valence-corrected chi connectivity index (χ4v) is 2.32. The van der Waals surface area contributed by atoms with Crippen LogP contribution in [0.15, 0.2) is 36.4 Å². The molecule has 14 heteroatoms. The molecule has 2 aromatic carbocycles. The lowest BCUT2D eigenvalue weighted by atomic mass is 9.95. The average Bonchev–Trinajstić information content (AvgIpc) is 2.61. The predicted molar refractivity (Wildman–Crippen MR) is 82.2 cm³/mol. The van der Waals surface area contributed by atoms with Crippen molar-refractivity contribution in [3.8, 4) is 11.5 Å². The van der Waals surface area contributed by atoms with Gasteiger partial charge in [0.1, 0.15) is 5.75 Å². The van der Waals surface area contributed by atoms with Gasteiger partial charge < -0.3 is 10.5 Å². The number of nitrogens with two attached hydrogens (primary N) is 1. The Kier molecular flexibility index (Phi) is 6.09. The minimum Gasteiger partial charge on any atom is -0.456 e. The first-order valence-electron chi connectivity index (χ1n) is 7.79. The van der Waals surface area contributed by atoms with E-state index in [0.29, 0.717) is 0 Å². The molecule has 172 valence electrons. The van der Waals surface area contributed by atoms with Crippen molar-refractivity contribution in [3.63, 3.8) is 0 Å². The van der Waals surface area contributed by atoms with Gasteiger partial charge in [0.25, 0.3) is 0 Å². The highest BCUT2D eigenvalue weighted by atomic mass is 19.4. The maximum Gasteiger partial charge on any atom is 0.420 e. The lowest BCUT2D eigenvalue weighted by molar-refractivity contribution is -0.270. The summed E-state index contributed by atoms with van der Waals surface area (Å²) in [6, 6.07) is 2.17. The lowest BCUT2D eigenvalue weighted by Gasteiger charge is -2.28. The summed E-state index contributed by atoms with van der Waals surface area (Å²) in [6.45, 7) is 0. The van der Waals surface area contributed by atoms with Crippen molar-refractivity contribution < 1.29 is 57.4 Å². The first-order chi connectivity index (χ1) is 13.9. The summed E-state index contributed by atoms with van der Waals surface area (Å²) in [5.74, 6) is -15.0. The van der Waals surface area contributed by atoms with Crippen molar-refractivity contribution in [2.24, 2.45) is 0 Å². The molecule has 0 atom stereocenters. The number of alkyl halides is 12. The van der Waals surface area contributed by atoms with Crippen LogP contribution in [0.3, 0.4) is 0 Å². The van der Waals surface area contributed by atoms with Crippen LogP contribution < -0.4 is 10.5 Å². The summed E-state index contributed by atoms with van der Waals surface area (Å²) in [7, 11) is 0. The largest absolute Gasteiger partial charge is 0.456 e. The highest BCUT2D eigenvalue weighted by Gasteiger charge is 2.64. The van der Waals surface area contributed by atoms with Crippen molar-refractivity contribution in [3.05, 3.63) is 53.1 Å². The number of halogens is 12. The molecule has 0 amide bonds. The molecule has 2 rings (SSSR count). The van der Waals surface area contributed by atoms with Crippen LogP contribution in [0, 0.1) is 0 Å². The van der Waals surface area contributed by atoms with Crippen molar-refractivity contribution in [2.75, 3.05) is 5.73 Å². The SMILES string of the molecule is Nc1ccc(Oc2c(C(F)(F)F)cc(C(F)(F)C(F)(F)C(F)F)cc2C(F)(F)F)cc1. The lowest BCUT2D eigenvalue weighted by Crippen LogP contribution is -2.44. The smallest absolute Gasteiger partial charge is 0.420 e. The second-order valence-electron chi connectivity index (χ2n) is 6.07. The van der Waals surface area contributed by atoms with E-state index in [1.165, 1.54) is 0 Å². The quantitative estimate of drug-likeness (QED) is 0.373. The van der Waals surface area contributed by atoms with Gasteiger partial charge in [-0.2, -0.15) is 43.9 Å². The molecule has 0 saturated heterocycles. The Morgan fingerprint density at radius 3 is 1.48 bits per heavy atom. The van der Waals surface area contributed by atoms with Gasteiger partial charge in [-0.1, -0.05) is 0 Å². The molecule has 0 aromatic heterocycles. The van der Waals surface area contributed by atoms with Gasteiger partial charge in [-0.3, -0.25) is 0 Å². The second kappa shape index (κ2) is 7.71. The Balaban J connectivity index is 2.83. The van der Waals surface area contributed by atoms with Crippen LogP contribution in [0.1, 0.15) is 16.7 Å². The number of rotatable bonds is 5. The second-order valence-corrected chi connectivity index (χ2v) is 6.07. The minimum absolute atomic E-state index is 0.0451. The zero-order valence-corrected chi connectivity index (χ0v) is 14.6. The third-order valence-electron chi connectivity index (χ3n) is 3.85. The molecule has 0 bridgehead atoms. The van der Waals surface area contributed by atoms with Gasteiger partial charge in [-0.25, -0.2) is 8.78 Å². The summed E-state index contributed by atoms with van der Waals surface area (Å²) >= 11 is 0. The Morgan fingerprint density at radius 2 is 1.13 bits per heavy atom. The number of benzene rings is 2. The third-order valence-corrected chi connectivity index (χ3v) is 3.85. The van der Waals surface area contributed by atoms with Crippen LogP contribution in [0.2, 0.25) is 0 Å². The van der Waals surface area contributed by atoms with Gasteiger partial charge >= 0.3 is 30.6 Å². The molecule has 0 heterocycles. The van der Waals surface area contributed by atoms with Crippen LogP contribution in [0.4, 0.5) is 58.4 Å². The van der Waals surface area contributed by atoms with Crippen LogP contribution in [0.5, 0.6) is 11.5 Å². The zero-order chi connectivity index (χ0) is 24.0. The van der Waals surface area contributed by atoms with Gasteiger partial charge in [0.15, 0.2) is 5.75 Å². The highest BCUT2D eigenvalue weighted by Crippen LogP contribution is 2.52. The monoisotopic (exact) mass is 471 g/mol. The van der Waals surface area contributed by atoms with Crippen LogP contribution in [-0.2, 0) is 18.3 Å². The van der Waals surface area contributed by atoms with Crippen LogP contribution >= 0.6 is 0 Å². The van der Waals surface area contributed by atoms with E-state index in [1.54, 1.807) is 0 Å². The minimum atomic E-state index is -6.27. The molecule has 31 heavy (non-hydrogen) atoms. The standard InChI is InChI=1S/C17H9F12NO/c18-13(19)15(22,23)14(20,21)7-5-10(16(24,25)26)12(11(6-7)17(27,28)29)31-9-3-1-8(30)2-4-9/h1-6,13H,30H2. The summed E-state index contributed by atoms with van der Waals surface area (Å²) in [5.41, 5.74) is -2.32. The summed E-state index contributed by atoms with van der Waals surface area (Å²) < 4.78 is 164. The van der Waals surface area contributed by atoms with E-state index in [-0.39, 0.29) is 5.69 Å². The maximum atomic E-state index is 13.9. The molecule has 0 saturated carbocycles. The third kappa shape index (κ3) is 4.77. The maximum absolute atomic E-state index is 13.9. The number of hydrogen-bond donors (Lipinski definition) is 1. The van der Waals surface area contributed by atoms with Gasteiger partial charge in [0.2, 0.25) is 0 Å². The zero-order valence-electron chi connectivity index (χ0n) is 14.6. The Hall–Kier alpha value is -2.80. The van der Waals surface area contributed by atoms with Gasteiger partial charge in [-0.05, 0) is 36.4 Å². The molecular formula is C17H9F12NO. The molecule has 0 unspecified atom stereocenters. The number of hydrogen-bond acceptors (Lipinski definition) is 2. The van der Waals surface area contributed by atoms with Crippen molar-refractivity contribution in [2.45, 2.75) is 30.6 Å². The molecule has 0 fully saturated rings. The van der Waals surface area contributed by atoms with Crippen LogP contribution in [0.25, 0.3) is 0 Å². The van der Waals surface area contributed by atoms with E-state index in [2.05, 4.69) is 4.74 Å². The van der Waals surface area contributed by atoms with Crippen LogP contribution in [-0.4, -0.2) is 12.3 Å². The first kappa shape index (κ1) is 24.5. The molecule has 2 nitrogen and oxygen atoms in total. The van der Waals surface area contributed by atoms with Gasteiger partial charge in [0.05, 0.1) is 11.1 Å². The van der Waals surface area contributed by atoms with E-state index >= 15 is 0 Å². The van der Waals surface area contributed by atoms with Crippen molar-refractivity contribution >= 4 is 5.69 Å². The number of ether oxygens (including phenoxy) is 1. The van der Waals surface area contributed by atoms with E-state index in [9.17, 15) is 52.7 Å². The van der Waals surface area contributed by atoms with E-state index in [4.69, 9.17) is 5.73 Å². The summed E-state index contributed by atoms with van der Waals surface area (Å²) in [5, 5.41) is 0. The summed E-state index contributed by atoms with van der Waals surface area (Å²) in [6.07, 6.45) is -16.7. The molecule has 0 aliphatic carbocycles. The van der Waals surface area contributed by atoms with E-state index in [1.807, 2.05) is 0 Å². The normalized spacial score (nSPS) is 13.6. The Morgan fingerprint density at radius 1 is 0.710 bits per heavy atom. The molecule has 2 N–H and O–H groups in total. The first-order valence-corrected chi connectivity index (χ1v) is 7.79. The summed E-state index contributed by atoms with van der Waals surface area (Å²) in [4.78, 5) is 0. The average molecular weight is 471 g/mol. The molecular weight excluding hydrogens is 462 g/mol. The molecule has 2 aromatic rings. The molecule has 0 spiro atoms. The molecule has 0 radical (unpaired) electrons. The molecule has 0 aliphatic heterocycles. The van der Waals surface area contributed by atoms with Gasteiger partial charge in [-0.15, -0.1) is 0 Å². The number of nitrogen functional groups attached to an aromatic ring is 1. The Labute approximate surface area is 165 Å². The fraction of sp³-hybridized carbons (Fsp3) is 0.294. The highest BCUT2D eigenvalue weighted by molar-refractivity contribution is 5.52. The van der Waals surface area contributed by atoms with Crippen molar-refractivity contribution in [1.29, 1.82) is 0 Å². The Bertz CT molecular complexity index is 897. The molecule has 0 aliphatic rings.